The van der Waals surface area contributed by atoms with Gasteiger partial charge in [0.25, 0.3) is 5.56 Å². The largest absolute Gasteiger partial charge is 0.364 e. The van der Waals surface area contributed by atoms with Crippen molar-refractivity contribution < 1.29 is 0 Å². The second kappa shape index (κ2) is 6.29. The first-order valence-corrected chi connectivity index (χ1v) is 5.96. The van der Waals surface area contributed by atoms with Crippen LogP contribution in [0.3, 0.4) is 0 Å². The summed E-state index contributed by atoms with van der Waals surface area (Å²) < 4.78 is 0. The van der Waals surface area contributed by atoms with Gasteiger partial charge in [-0.3, -0.25) is 4.79 Å². The first-order chi connectivity index (χ1) is 9.33. The highest BCUT2D eigenvalue weighted by Crippen LogP contribution is 2.07. The van der Waals surface area contributed by atoms with Gasteiger partial charge in [-0.1, -0.05) is 18.2 Å². The molecule has 3 aromatic rings. The molecule has 0 atom stereocenters. The summed E-state index contributed by atoms with van der Waals surface area (Å²) in [5.41, 5.74) is 1.79. The smallest absolute Gasteiger partial charge is 0.271 e. The summed E-state index contributed by atoms with van der Waals surface area (Å²) in [7, 11) is 0. The van der Waals surface area contributed by atoms with Crippen LogP contribution in [0.5, 0.6) is 0 Å². The lowest BCUT2D eigenvalue weighted by molar-refractivity contribution is 0.995. The first kappa shape index (κ1) is 14.2. The molecule has 0 aliphatic carbocycles. The van der Waals surface area contributed by atoms with Crippen molar-refractivity contribution in [1.29, 1.82) is 0 Å². The van der Waals surface area contributed by atoms with Gasteiger partial charge in [0.15, 0.2) is 0 Å². The van der Waals surface area contributed by atoms with Crippen molar-refractivity contribution in [3.8, 4) is 0 Å². The van der Waals surface area contributed by atoms with E-state index in [9.17, 15) is 4.79 Å². The van der Waals surface area contributed by atoms with E-state index < -0.39 is 0 Å². The Hall–Kier alpha value is -2.21. The zero-order valence-corrected chi connectivity index (χ0v) is 12.2. The molecule has 0 spiro atoms. The lowest BCUT2D eigenvalue weighted by Gasteiger charge is -2.05. The van der Waals surface area contributed by atoms with Crippen LogP contribution in [-0.2, 0) is 6.54 Å². The van der Waals surface area contributed by atoms with Crippen molar-refractivity contribution in [2.24, 2.45) is 0 Å². The van der Waals surface area contributed by atoms with E-state index in [1.54, 1.807) is 6.20 Å². The number of para-hydroxylation sites is 2. The van der Waals surface area contributed by atoms with Crippen LogP contribution in [0.4, 0.5) is 5.82 Å². The zero-order chi connectivity index (χ0) is 13.1. The van der Waals surface area contributed by atoms with Gasteiger partial charge in [0.1, 0.15) is 11.5 Å². The van der Waals surface area contributed by atoms with E-state index >= 15 is 0 Å². The molecule has 0 aliphatic rings. The molecule has 0 aliphatic heterocycles. The predicted octanol–water partition coefficient (Wildman–Crippen LogP) is 2.51. The van der Waals surface area contributed by atoms with Gasteiger partial charge in [0.05, 0.1) is 17.6 Å². The Kier molecular flexibility index (Phi) is 4.47. The third-order valence-corrected chi connectivity index (χ3v) is 2.77. The minimum atomic E-state index is -0.179. The summed E-state index contributed by atoms with van der Waals surface area (Å²) >= 11 is 0. The number of hydrogen-bond acceptors (Lipinski definition) is 4. The van der Waals surface area contributed by atoms with Gasteiger partial charge in [-0.25, -0.2) is 9.97 Å². The zero-order valence-electron chi connectivity index (χ0n) is 10.5. The Morgan fingerprint density at radius 3 is 2.70 bits per heavy atom. The molecule has 2 aromatic heterocycles. The summed E-state index contributed by atoms with van der Waals surface area (Å²) in [5, 5.41) is 3.07. The molecule has 0 radical (unpaired) electrons. The molecule has 0 fully saturated rings. The molecule has 3 rings (SSSR count). The normalized spacial score (nSPS) is 10.0. The minimum Gasteiger partial charge on any atom is -0.364 e. The molecule has 20 heavy (non-hydrogen) atoms. The van der Waals surface area contributed by atoms with E-state index in [4.69, 9.17) is 0 Å². The van der Waals surface area contributed by atoms with Gasteiger partial charge in [-0.05, 0) is 24.3 Å². The monoisotopic (exact) mass is 332 g/mol. The number of aromatic nitrogens is 3. The minimum absolute atomic E-state index is 0. The van der Waals surface area contributed by atoms with E-state index in [1.165, 1.54) is 0 Å². The second-order valence-electron chi connectivity index (χ2n) is 4.10. The van der Waals surface area contributed by atoms with Crippen molar-refractivity contribution in [3.63, 3.8) is 0 Å². The predicted molar refractivity (Wildman–Crippen MR) is 84.2 cm³/mol. The number of H-pyrrole nitrogens is 1. The van der Waals surface area contributed by atoms with Crippen LogP contribution in [0.25, 0.3) is 11.0 Å². The van der Waals surface area contributed by atoms with Gasteiger partial charge in [-0.15, -0.1) is 17.0 Å². The van der Waals surface area contributed by atoms with E-state index in [2.05, 4.69) is 20.3 Å². The summed E-state index contributed by atoms with van der Waals surface area (Å²) in [6.07, 6.45) is 1.69. The number of rotatable bonds is 3. The Balaban J connectivity index is 0.00000147. The van der Waals surface area contributed by atoms with Crippen molar-refractivity contribution in [3.05, 3.63) is 64.7 Å². The van der Waals surface area contributed by atoms with Crippen LogP contribution < -0.4 is 10.9 Å². The van der Waals surface area contributed by atoms with Gasteiger partial charge in [0.2, 0.25) is 0 Å². The standard InChI is InChI=1S/C14H12N4O.BrH/c19-14-12(9-16-13-7-3-4-8-15-13)17-10-5-1-2-6-11(10)18-14;/h1-8H,9H2,(H,15,16)(H,18,19);1H. The van der Waals surface area contributed by atoms with Crippen molar-refractivity contribution in [2.75, 3.05) is 5.32 Å². The molecule has 2 N–H and O–H groups in total. The Morgan fingerprint density at radius 1 is 1.10 bits per heavy atom. The number of halogens is 1. The first-order valence-electron chi connectivity index (χ1n) is 5.96. The number of nitrogens with one attached hydrogen (secondary N) is 2. The van der Waals surface area contributed by atoms with Crippen LogP contribution in [0.2, 0.25) is 0 Å². The number of hydrogen-bond donors (Lipinski definition) is 2. The molecular weight excluding hydrogens is 320 g/mol. The maximum atomic E-state index is 11.9. The Labute approximate surface area is 125 Å². The molecule has 0 saturated carbocycles. The van der Waals surface area contributed by atoms with Gasteiger partial charge in [-0.2, -0.15) is 0 Å². The second-order valence-corrected chi connectivity index (χ2v) is 4.10. The van der Waals surface area contributed by atoms with Gasteiger partial charge < -0.3 is 10.3 Å². The van der Waals surface area contributed by atoms with Crippen LogP contribution >= 0.6 is 17.0 Å². The molecule has 0 saturated heterocycles. The SMILES string of the molecule is Br.O=c1[nH]c2ccccc2nc1CNc1ccccn1. The van der Waals surface area contributed by atoms with Crippen LogP contribution in [0.1, 0.15) is 5.69 Å². The van der Waals surface area contributed by atoms with Crippen molar-refractivity contribution in [1.82, 2.24) is 15.0 Å². The number of benzene rings is 1. The Bertz CT molecular complexity index is 758. The summed E-state index contributed by atoms with van der Waals surface area (Å²) in [4.78, 5) is 23.2. The van der Waals surface area contributed by atoms with Crippen molar-refractivity contribution in [2.45, 2.75) is 6.54 Å². The topological polar surface area (TPSA) is 70.7 Å². The van der Waals surface area contributed by atoms with Crippen LogP contribution in [-0.4, -0.2) is 15.0 Å². The number of nitrogens with zero attached hydrogens (tertiary/aromatic N) is 2. The fourth-order valence-corrected chi connectivity index (χ4v) is 1.83. The van der Waals surface area contributed by atoms with E-state index in [0.29, 0.717) is 12.2 Å². The number of aromatic amines is 1. The number of pyridine rings is 1. The molecule has 0 amide bonds. The molecular formula is C14H13BrN4O. The third kappa shape index (κ3) is 3.03. The average Bonchev–Trinajstić information content (AvgIpc) is 2.46. The highest BCUT2D eigenvalue weighted by atomic mass is 79.9. The van der Waals surface area contributed by atoms with E-state index in [-0.39, 0.29) is 22.5 Å². The molecule has 5 nitrogen and oxygen atoms in total. The molecule has 1 aromatic carbocycles. The maximum Gasteiger partial charge on any atom is 0.271 e. The van der Waals surface area contributed by atoms with E-state index in [0.717, 1.165) is 16.9 Å². The highest BCUT2D eigenvalue weighted by molar-refractivity contribution is 8.93. The average molecular weight is 333 g/mol. The summed E-state index contributed by atoms with van der Waals surface area (Å²) in [5.74, 6) is 0.719. The number of fused-ring (bicyclic) bond motifs is 1. The quantitative estimate of drug-likeness (QED) is 0.773. The molecule has 0 unspecified atom stereocenters. The fourth-order valence-electron chi connectivity index (χ4n) is 1.83. The molecule has 102 valence electrons. The lowest BCUT2D eigenvalue weighted by Crippen LogP contribution is -2.18. The fraction of sp³-hybridized carbons (Fsp3) is 0.0714. The van der Waals surface area contributed by atoms with Crippen LogP contribution in [0, 0.1) is 0 Å². The van der Waals surface area contributed by atoms with Gasteiger partial charge >= 0.3 is 0 Å². The third-order valence-electron chi connectivity index (χ3n) is 2.77. The van der Waals surface area contributed by atoms with Gasteiger partial charge in [0, 0.05) is 6.20 Å². The van der Waals surface area contributed by atoms with Crippen LogP contribution in [0.15, 0.2) is 53.5 Å². The molecule has 0 bridgehead atoms. The summed E-state index contributed by atoms with van der Waals surface area (Å²) in [6, 6.07) is 13.0. The number of anilines is 1. The Morgan fingerprint density at radius 2 is 1.90 bits per heavy atom. The summed E-state index contributed by atoms with van der Waals surface area (Å²) in [6.45, 7) is 0.344. The van der Waals surface area contributed by atoms with Crippen molar-refractivity contribution >= 4 is 33.8 Å². The maximum absolute atomic E-state index is 11.9. The molecule has 6 heteroatoms. The lowest BCUT2D eigenvalue weighted by atomic mass is 10.3. The molecule has 2 heterocycles. The van der Waals surface area contributed by atoms with E-state index in [1.807, 2.05) is 42.5 Å². The highest BCUT2D eigenvalue weighted by Gasteiger charge is 2.04.